The molecule has 0 amide bonds. The van der Waals surface area contributed by atoms with Gasteiger partial charge in [0.25, 0.3) is 0 Å². The van der Waals surface area contributed by atoms with Crippen molar-refractivity contribution in [2.24, 2.45) is 0 Å². The second-order valence-corrected chi connectivity index (χ2v) is 4.86. The fourth-order valence-corrected chi connectivity index (χ4v) is 2.23. The summed E-state index contributed by atoms with van der Waals surface area (Å²) in [4.78, 5) is 17.5. The Morgan fingerprint density at radius 2 is 2.06 bits per heavy atom. The molecule has 0 aliphatic heterocycles. The number of rotatable bonds is 5. The zero-order valence-electron chi connectivity index (χ0n) is 10.6. The normalized spacial score (nSPS) is 10.6. The van der Waals surface area contributed by atoms with Gasteiger partial charge in [-0.3, -0.25) is 4.79 Å². The van der Waals surface area contributed by atoms with Crippen molar-refractivity contribution in [1.29, 1.82) is 0 Å². The molecule has 0 fully saturated rings. The summed E-state index contributed by atoms with van der Waals surface area (Å²) >= 11 is 1.67. The zero-order valence-corrected chi connectivity index (χ0v) is 11.4. The zero-order chi connectivity index (χ0) is 13.0. The number of carbonyl (C=O) groups is 1. The van der Waals surface area contributed by atoms with Gasteiger partial charge in [-0.15, -0.1) is 11.8 Å². The van der Waals surface area contributed by atoms with E-state index in [1.165, 1.54) is 4.90 Å². The standard InChI is InChI=1S/C14H16N2OS/c1-3-14-15-8-9-16(14)10-13(17)11-4-6-12(18-2)7-5-11/h4-9H,3,10H2,1-2H3. The molecular weight excluding hydrogens is 244 g/mol. The van der Waals surface area contributed by atoms with Crippen LogP contribution in [0.1, 0.15) is 23.1 Å². The third kappa shape index (κ3) is 2.82. The van der Waals surface area contributed by atoms with Crippen LogP contribution in [-0.2, 0) is 13.0 Å². The van der Waals surface area contributed by atoms with Crippen molar-refractivity contribution in [1.82, 2.24) is 9.55 Å². The maximum absolute atomic E-state index is 12.1. The summed E-state index contributed by atoms with van der Waals surface area (Å²) in [6.07, 6.45) is 6.46. The van der Waals surface area contributed by atoms with E-state index in [0.717, 1.165) is 17.8 Å². The van der Waals surface area contributed by atoms with Crippen LogP contribution >= 0.6 is 11.8 Å². The van der Waals surface area contributed by atoms with Crippen LogP contribution in [0.25, 0.3) is 0 Å². The molecule has 1 heterocycles. The molecule has 4 heteroatoms. The molecule has 2 rings (SSSR count). The molecule has 94 valence electrons. The Kier molecular flexibility index (Phi) is 4.20. The van der Waals surface area contributed by atoms with Gasteiger partial charge >= 0.3 is 0 Å². The largest absolute Gasteiger partial charge is 0.327 e. The summed E-state index contributed by atoms with van der Waals surface area (Å²) in [5.74, 6) is 1.07. The lowest BCUT2D eigenvalue weighted by Gasteiger charge is -2.06. The molecule has 1 aromatic heterocycles. The highest BCUT2D eigenvalue weighted by Gasteiger charge is 2.09. The van der Waals surface area contributed by atoms with Gasteiger partial charge in [-0.2, -0.15) is 0 Å². The van der Waals surface area contributed by atoms with E-state index < -0.39 is 0 Å². The number of aromatic nitrogens is 2. The molecule has 0 bridgehead atoms. The van der Waals surface area contributed by atoms with Gasteiger partial charge in [0.15, 0.2) is 5.78 Å². The van der Waals surface area contributed by atoms with Gasteiger partial charge in [-0.05, 0) is 18.4 Å². The second kappa shape index (κ2) is 5.87. The first-order valence-electron chi connectivity index (χ1n) is 5.92. The molecule has 0 spiro atoms. The third-order valence-corrected chi connectivity index (χ3v) is 3.59. The van der Waals surface area contributed by atoms with Crippen LogP contribution in [0.4, 0.5) is 0 Å². The van der Waals surface area contributed by atoms with Gasteiger partial charge in [0.1, 0.15) is 5.82 Å². The molecule has 1 aromatic carbocycles. The van der Waals surface area contributed by atoms with E-state index in [1.807, 2.05) is 48.2 Å². The van der Waals surface area contributed by atoms with E-state index in [-0.39, 0.29) is 5.78 Å². The number of imidazole rings is 1. The Hall–Kier alpha value is -1.55. The van der Waals surface area contributed by atoms with Gasteiger partial charge in [-0.1, -0.05) is 19.1 Å². The maximum Gasteiger partial charge on any atom is 0.182 e. The fourth-order valence-electron chi connectivity index (χ4n) is 1.82. The molecule has 0 saturated carbocycles. The van der Waals surface area contributed by atoms with E-state index in [1.54, 1.807) is 18.0 Å². The lowest BCUT2D eigenvalue weighted by Crippen LogP contribution is -2.12. The van der Waals surface area contributed by atoms with Gasteiger partial charge in [0, 0.05) is 29.3 Å². The van der Waals surface area contributed by atoms with Crippen LogP contribution in [0, 0.1) is 0 Å². The Labute approximate surface area is 111 Å². The van der Waals surface area contributed by atoms with Crippen molar-refractivity contribution >= 4 is 17.5 Å². The summed E-state index contributed by atoms with van der Waals surface area (Å²) < 4.78 is 1.91. The predicted octanol–water partition coefficient (Wildman–Crippen LogP) is 3.05. The van der Waals surface area contributed by atoms with E-state index in [4.69, 9.17) is 0 Å². The lowest BCUT2D eigenvalue weighted by molar-refractivity contribution is 0.0971. The van der Waals surface area contributed by atoms with E-state index in [0.29, 0.717) is 6.54 Å². The summed E-state index contributed by atoms with van der Waals surface area (Å²) in [6, 6.07) is 7.73. The van der Waals surface area contributed by atoms with Gasteiger partial charge in [0.05, 0.1) is 6.54 Å². The third-order valence-electron chi connectivity index (χ3n) is 2.84. The monoisotopic (exact) mass is 260 g/mol. The molecule has 0 radical (unpaired) electrons. The number of benzene rings is 1. The molecule has 0 saturated heterocycles. The van der Waals surface area contributed by atoms with Crippen LogP contribution in [0.5, 0.6) is 0 Å². The first-order chi connectivity index (χ1) is 8.74. The number of Topliss-reactive ketones (excluding diaryl/α,β-unsaturated/α-hetero) is 1. The first-order valence-corrected chi connectivity index (χ1v) is 7.14. The molecule has 0 aliphatic carbocycles. The van der Waals surface area contributed by atoms with E-state index in [2.05, 4.69) is 4.98 Å². The number of nitrogens with zero attached hydrogens (tertiary/aromatic N) is 2. The van der Waals surface area contributed by atoms with E-state index in [9.17, 15) is 4.79 Å². The summed E-state index contributed by atoms with van der Waals surface area (Å²) in [7, 11) is 0. The Bertz CT molecular complexity index is 531. The highest BCUT2D eigenvalue weighted by atomic mass is 32.2. The number of carbonyl (C=O) groups excluding carboxylic acids is 1. The Morgan fingerprint density at radius 1 is 1.33 bits per heavy atom. The average Bonchev–Trinajstić information content (AvgIpc) is 2.86. The smallest absolute Gasteiger partial charge is 0.182 e. The van der Waals surface area contributed by atoms with Crippen LogP contribution < -0.4 is 0 Å². The predicted molar refractivity (Wildman–Crippen MR) is 74.2 cm³/mol. The number of hydrogen-bond donors (Lipinski definition) is 0. The van der Waals surface area contributed by atoms with Crippen molar-refractivity contribution in [2.45, 2.75) is 24.8 Å². The summed E-state index contributed by atoms with van der Waals surface area (Å²) in [5.41, 5.74) is 0.753. The number of hydrogen-bond acceptors (Lipinski definition) is 3. The summed E-state index contributed by atoms with van der Waals surface area (Å²) in [5, 5.41) is 0. The Morgan fingerprint density at radius 3 is 2.67 bits per heavy atom. The molecule has 0 N–H and O–H groups in total. The molecule has 2 aromatic rings. The number of ketones is 1. The number of thioether (sulfide) groups is 1. The number of aryl methyl sites for hydroxylation is 1. The highest BCUT2D eigenvalue weighted by Crippen LogP contribution is 2.15. The van der Waals surface area contributed by atoms with Crippen molar-refractivity contribution in [3.8, 4) is 0 Å². The first kappa shape index (κ1) is 12.9. The minimum absolute atomic E-state index is 0.121. The minimum atomic E-state index is 0.121. The molecular formula is C14H16N2OS. The molecule has 18 heavy (non-hydrogen) atoms. The van der Waals surface area contributed by atoms with Crippen molar-refractivity contribution in [2.75, 3.05) is 6.26 Å². The average molecular weight is 260 g/mol. The van der Waals surface area contributed by atoms with Gasteiger partial charge in [-0.25, -0.2) is 4.98 Å². The van der Waals surface area contributed by atoms with Crippen molar-refractivity contribution in [3.63, 3.8) is 0 Å². The van der Waals surface area contributed by atoms with Crippen LogP contribution in [-0.4, -0.2) is 21.6 Å². The lowest BCUT2D eigenvalue weighted by atomic mass is 10.1. The van der Waals surface area contributed by atoms with Crippen LogP contribution in [0.15, 0.2) is 41.6 Å². The fraction of sp³-hybridized carbons (Fsp3) is 0.286. The van der Waals surface area contributed by atoms with Crippen LogP contribution in [0.2, 0.25) is 0 Å². The molecule has 0 atom stereocenters. The van der Waals surface area contributed by atoms with E-state index >= 15 is 0 Å². The molecule has 0 aliphatic rings. The van der Waals surface area contributed by atoms with Crippen molar-refractivity contribution < 1.29 is 4.79 Å². The Balaban J connectivity index is 2.11. The summed E-state index contributed by atoms with van der Waals surface area (Å²) in [6.45, 7) is 2.40. The minimum Gasteiger partial charge on any atom is -0.327 e. The molecule has 0 unspecified atom stereocenters. The highest BCUT2D eigenvalue weighted by molar-refractivity contribution is 7.98. The SMILES string of the molecule is CCc1nccn1CC(=O)c1ccc(SC)cc1. The quantitative estimate of drug-likeness (QED) is 0.612. The van der Waals surface area contributed by atoms with Crippen LogP contribution in [0.3, 0.4) is 0 Å². The maximum atomic E-state index is 12.1. The molecule has 3 nitrogen and oxygen atoms in total. The van der Waals surface area contributed by atoms with Gasteiger partial charge < -0.3 is 4.57 Å². The van der Waals surface area contributed by atoms with Gasteiger partial charge in [0.2, 0.25) is 0 Å². The van der Waals surface area contributed by atoms with Crippen molar-refractivity contribution in [3.05, 3.63) is 48.0 Å². The topological polar surface area (TPSA) is 34.9 Å². The second-order valence-electron chi connectivity index (χ2n) is 3.98.